The van der Waals surface area contributed by atoms with Gasteiger partial charge in [-0.2, -0.15) is 8.42 Å². The monoisotopic (exact) mass is 632 g/mol. The molecule has 5 unspecified atom stereocenters. The molecule has 17 nitrogen and oxygen atoms in total. The number of benzene rings is 1. The molecule has 1 fully saturated rings. The second kappa shape index (κ2) is 15.1. The molecule has 3 rings (SSSR count). The lowest BCUT2D eigenvalue weighted by Gasteiger charge is -2.40. The van der Waals surface area contributed by atoms with Gasteiger partial charge < -0.3 is 44.2 Å². The summed E-state index contributed by atoms with van der Waals surface area (Å²) in [6.07, 6.45) is -9.38. The highest BCUT2D eigenvalue weighted by Gasteiger charge is 2.51. The van der Waals surface area contributed by atoms with Crippen LogP contribution in [0.5, 0.6) is 5.75 Å². The van der Waals surface area contributed by atoms with E-state index in [1.165, 1.54) is 18.2 Å². The highest BCUT2D eigenvalue weighted by Crippen LogP contribution is 2.30. The lowest BCUT2D eigenvalue weighted by Crippen LogP contribution is -2.62. The molecule has 2 heterocycles. The van der Waals surface area contributed by atoms with Crippen molar-refractivity contribution in [2.75, 3.05) is 26.8 Å². The second-order valence-electron chi connectivity index (χ2n) is 9.17. The van der Waals surface area contributed by atoms with Crippen molar-refractivity contribution in [2.45, 2.75) is 56.9 Å². The van der Waals surface area contributed by atoms with Gasteiger partial charge in [-0.25, -0.2) is 18.6 Å². The number of fused-ring (bicyclic) bond motifs is 1. The third-order valence-electron chi connectivity index (χ3n) is 6.09. The van der Waals surface area contributed by atoms with E-state index in [-0.39, 0.29) is 30.3 Å². The Labute approximate surface area is 244 Å². The molecular formula is C25H32N2O15S. The van der Waals surface area contributed by atoms with Gasteiger partial charge in [0.05, 0.1) is 20.1 Å². The van der Waals surface area contributed by atoms with Crippen LogP contribution in [0.2, 0.25) is 0 Å². The van der Waals surface area contributed by atoms with Crippen molar-refractivity contribution < 1.29 is 65.1 Å². The summed E-state index contributed by atoms with van der Waals surface area (Å²) in [4.78, 5) is 48.0. The van der Waals surface area contributed by atoms with Gasteiger partial charge in [0.1, 0.15) is 23.5 Å². The Hall–Kier alpha value is -3.81. The maximum atomic E-state index is 12.5. The molecule has 0 radical (unpaired) electrons. The second-order valence-corrected chi connectivity index (χ2v) is 10.2. The quantitative estimate of drug-likeness (QED) is 0.0782. The summed E-state index contributed by atoms with van der Waals surface area (Å²) in [7, 11) is -4.21. The number of carbonyl (C=O) groups is 3. The average Bonchev–Trinajstić information content (AvgIpc) is 2.93. The molecule has 2 amide bonds. The summed E-state index contributed by atoms with van der Waals surface area (Å²) < 4.78 is 61.6. The van der Waals surface area contributed by atoms with Gasteiger partial charge in [-0.1, -0.05) is 0 Å². The Balaban J connectivity index is 1.71. The van der Waals surface area contributed by atoms with Crippen LogP contribution in [-0.2, 0) is 44.8 Å². The molecule has 43 heavy (non-hydrogen) atoms. The smallest absolute Gasteiger partial charge is 0.407 e. The Morgan fingerprint density at radius 2 is 1.74 bits per heavy atom. The van der Waals surface area contributed by atoms with Crippen molar-refractivity contribution in [1.29, 1.82) is 0 Å². The normalized spacial score (nSPS) is 22.0. The first-order chi connectivity index (χ1) is 20.3. The van der Waals surface area contributed by atoms with Gasteiger partial charge in [-0.15, -0.1) is 0 Å². The molecule has 0 spiro atoms. The van der Waals surface area contributed by atoms with Crippen molar-refractivity contribution in [3.63, 3.8) is 0 Å². The van der Waals surface area contributed by atoms with E-state index in [2.05, 4.69) is 19.6 Å². The zero-order valence-electron chi connectivity index (χ0n) is 23.1. The molecule has 0 bridgehead atoms. The predicted molar refractivity (Wildman–Crippen MR) is 143 cm³/mol. The van der Waals surface area contributed by atoms with Crippen molar-refractivity contribution in [3.05, 3.63) is 40.2 Å². The number of rotatable bonds is 13. The van der Waals surface area contributed by atoms with E-state index in [1.807, 2.05) is 0 Å². The summed E-state index contributed by atoms with van der Waals surface area (Å²) in [6.45, 7) is 2.65. The average molecular weight is 633 g/mol. The lowest BCUT2D eigenvalue weighted by atomic mass is 9.99. The van der Waals surface area contributed by atoms with Gasteiger partial charge in [0.15, 0.2) is 12.2 Å². The van der Waals surface area contributed by atoms with Gasteiger partial charge >= 0.3 is 28.1 Å². The topological polar surface area (TPSA) is 246 Å². The van der Waals surface area contributed by atoms with E-state index in [4.69, 9.17) is 23.2 Å². The molecular weight excluding hydrogens is 600 g/mol. The minimum absolute atomic E-state index is 0.0361. The summed E-state index contributed by atoms with van der Waals surface area (Å²) >= 11 is 0. The number of aliphatic hydroxyl groups is 2. The molecule has 2 aromatic rings. The van der Waals surface area contributed by atoms with Gasteiger partial charge in [0.25, 0.3) is 0 Å². The minimum Gasteiger partial charge on any atom is -0.467 e. The third-order valence-corrected chi connectivity index (χ3v) is 6.55. The number of hydrogen-bond donors (Lipinski definition) is 5. The van der Waals surface area contributed by atoms with E-state index in [9.17, 15) is 37.8 Å². The van der Waals surface area contributed by atoms with E-state index < -0.39 is 58.8 Å². The van der Waals surface area contributed by atoms with Crippen LogP contribution in [0.1, 0.15) is 25.3 Å². The van der Waals surface area contributed by atoms with Crippen LogP contribution in [0.15, 0.2) is 33.5 Å². The number of nitrogens with one attached hydrogen (secondary N) is 2. The molecule has 0 saturated carbocycles. The van der Waals surface area contributed by atoms with E-state index in [0.717, 1.165) is 13.2 Å². The zero-order chi connectivity index (χ0) is 31.7. The summed E-state index contributed by atoms with van der Waals surface area (Å²) in [5, 5.41) is 26.3. The van der Waals surface area contributed by atoms with Crippen LogP contribution in [0, 0.1) is 0 Å². The number of hydrogen-bond acceptors (Lipinski definition) is 14. The van der Waals surface area contributed by atoms with Gasteiger partial charge in [-0.3, -0.25) is 9.35 Å². The standard InChI is InChI=1S/C25H32N2O15S/c1-3-38-25(33)27-9-5-4-8-26-17(28)10-13-11-18(29)40-16-12-14(6-7-15(13)16)39-24-22(42-43(34,35)36)20(31)19(30)21(41-24)23(32)37-2/h6-7,11-12,19-22,24,30-31H,3-5,8-10H2,1-2H3,(H,26,28)(H,27,33)(H,34,35,36). The molecule has 5 N–H and O–H groups in total. The maximum absolute atomic E-state index is 12.5. The summed E-state index contributed by atoms with van der Waals surface area (Å²) in [6, 6.07) is 5.11. The molecule has 0 aliphatic carbocycles. The summed E-state index contributed by atoms with van der Waals surface area (Å²) in [5.74, 6) is -1.63. The molecule has 1 aliphatic rings. The van der Waals surface area contributed by atoms with Crippen LogP contribution in [0.4, 0.5) is 4.79 Å². The number of methoxy groups -OCH3 is 1. The van der Waals surface area contributed by atoms with E-state index >= 15 is 0 Å². The van der Waals surface area contributed by atoms with Crippen molar-refractivity contribution in [3.8, 4) is 5.75 Å². The van der Waals surface area contributed by atoms with Crippen LogP contribution >= 0.6 is 0 Å². The largest absolute Gasteiger partial charge is 0.467 e. The number of carbonyl (C=O) groups excluding carboxylic acids is 3. The number of amides is 2. The zero-order valence-corrected chi connectivity index (χ0v) is 23.9. The highest BCUT2D eigenvalue weighted by atomic mass is 32.3. The number of aliphatic hydroxyl groups excluding tert-OH is 2. The molecule has 1 aliphatic heterocycles. The Kier molecular flexibility index (Phi) is 11.8. The number of ether oxygens (including phenoxy) is 4. The number of unbranched alkanes of at least 4 members (excludes halogenated alkanes) is 1. The van der Waals surface area contributed by atoms with E-state index in [1.54, 1.807) is 6.92 Å². The van der Waals surface area contributed by atoms with Gasteiger partial charge in [0, 0.05) is 30.6 Å². The Bertz CT molecular complexity index is 1460. The molecule has 5 atom stereocenters. The van der Waals surface area contributed by atoms with Crippen LogP contribution < -0.4 is 21.0 Å². The Morgan fingerprint density at radius 3 is 2.40 bits per heavy atom. The molecule has 1 aromatic carbocycles. The molecule has 18 heteroatoms. The fourth-order valence-corrected chi connectivity index (χ4v) is 4.62. The maximum Gasteiger partial charge on any atom is 0.407 e. The first-order valence-electron chi connectivity index (χ1n) is 13.0. The number of esters is 1. The van der Waals surface area contributed by atoms with Crippen molar-refractivity contribution in [1.82, 2.24) is 10.6 Å². The van der Waals surface area contributed by atoms with Crippen LogP contribution in [0.3, 0.4) is 0 Å². The highest BCUT2D eigenvalue weighted by molar-refractivity contribution is 7.80. The van der Waals surface area contributed by atoms with Crippen LogP contribution in [0.25, 0.3) is 11.0 Å². The fraction of sp³-hybridized carbons (Fsp3) is 0.520. The molecule has 1 saturated heterocycles. The third kappa shape index (κ3) is 9.60. The SMILES string of the molecule is CCOC(=O)NCCCCNC(=O)Cc1cc(=O)oc2cc(OC3OC(C(=O)OC)C(O)C(O)C3OS(=O)(=O)O)ccc12. The first kappa shape index (κ1) is 33.7. The van der Waals surface area contributed by atoms with Gasteiger partial charge in [0.2, 0.25) is 12.2 Å². The fourth-order valence-electron chi connectivity index (χ4n) is 4.14. The molecule has 238 valence electrons. The van der Waals surface area contributed by atoms with Crippen molar-refractivity contribution >= 4 is 39.3 Å². The van der Waals surface area contributed by atoms with E-state index in [0.29, 0.717) is 36.9 Å². The van der Waals surface area contributed by atoms with Crippen LogP contribution in [-0.4, -0.2) is 98.7 Å². The molecule has 1 aromatic heterocycles. The Morgan fingerprint density at radius 1 is 1.05 bits per heavy atom. The first-order valence-corrected chi connectivity index (χ1v) is 14.3. The summed E-state index contributed by atoms with van der Waals surface area (Å²) in [5.41, 5.74) is -0.501. The van der Waals surface area contributed by atoms with Gasteiger partial charge in [-0.05, 0) is 37.5 Å². The predicted octanol–water partition coefficient (Wildman–Crippen LogP) is -0.835. The number of alkyl carbamates (subject to hydrolysis) is 1. The van der Waals surface area contributed by atoms with Crippen molar-refractivity contribution in [2.24, 2.45) is 0 Å². The lowest BCUT2D eigenvalue weighted by molar-refractivity contribution is -0.266. The minimum atomic E-state index is -5.19.